The number of amides is 5. The minimum absolute atomic E-state index is 0.0913. The number of sulfonamides is 2. The number of pyridine rings is 1. The van der Waals surface area contributed by atoms with Gasteiger partial charge in [0.2, 0.25) is 35.4 Å². The van der Waals surface area contributed by atoms with Gasteiger partial charge in [-0.15, -0.1) is 0 Å². The van der Waals surface area contributed by atoms with Crippen LogP contribution in [0.2, 0.25) is 5.02 Å². The fraction of sp³-hybridized carbons (Fsp3) is 0.250. The zero-order valence-electron chi connectivity index (χ0n) is 42.9. The lowest BCUT2D eigenvalue weighted by Crippen LogP contribution is -2.36. The van der Waals surface area contributed by atoms with Gasteiger partial charge in [-0.1, -0.05) is 23.7 Å². The van der Waals surface area contributed by atoms with Gasteiger partial charge in [0.05, 0.1) is 58.6 Å². The summed E-state index contributed by atoms with van der Waals surface area (Å²) < 4.78 is 178. The summed E-state index contributed by atoms with van der Waals surface area (Å²) in [5.41, 5.74) is -2.69. The Morgan fingerprint density at radius 3 is 1.71 bits per heavy atom. The zero-order chi connectivity index (χ0) is 62.5. The number of carbonyl (C=O) groups is 5. The first-order valence-electron chi connectivity index (χ1n) is 22.0. The molecule has 5 N–H and O–H groups in total. The van der Waals surface area contributed by atoms with E-state index in [1.54, 1.807) is 23.9 Å². The zero-order valence-corrected chi connectivity index (χ0v) is 46.9. The summed E-state index contributed by atoms with van der Waals surface area (Å²) in [6.45, 7) is -3.59. The number of esters is 1. The summed E-state index contributed by atoms with van der Waals surface area (Å²) >= 11 is 8.67. The third kappa shape index (κ3) is 18.6. The number of carbonyl (C=O) groups excluding carboxylic acids is 4. The van der Waals surface area contributed by atoms with E-state index in [-0.39, 0.29) is 45.1 Å². The van der Waals surface area contributed by atoms with E-state index in [2.05, 4.69) is 60.7 Å². The van der Waals surface area contributed by atoms with E-state index in [0.29, 0.717) is 10.7 Å². The first-order chi connectivity index (χ1) is 38.6. The topological polar surface area (TPSA) is 354 Å². The fourth-order valence-electron chi connectivity index (χ4n) is 6.06. The lowest BCUT2D eigenvalue weighted by atomic mass is 10.1. The second kappa shape index (κ2) is 28.3. The summed E-state index contributed by atoms with van der Waals surface area (Å²) in [4.78, 5) is 77.8. The van der Waals surface area contributed by atoms with Crippen molar-refractivity contribution in [3.05, 3.63) is 105 Å². The molecule has 4 heterocycles. The molecule has 6 aromatic rings. The molecule has 0 aliphatic carbocycles. The van der Waals surface area contributed by atoms with Gasteiger partial charge in [-0.25, -0.2) is 46.4 Å². The van der Waals surface area contributed by atoms with E-state index in [1.807, 2.05) is 0 Å². The summed E-state index contributed by atoms with van der Waals surface area (Å²) in [5.74, 6) is -6.85. The fourth-order valence-corrected chi connectivity index (χ4v) is 9.21. The first-order valence-corrected chi connectivity index (χ1v) is 26.1. The maximum Gasteiger partial charge on any atom is 0.434 e. The molecular formula is C44H40BrClF8N12O15S2. The van der Waals surface area contributed by atoms with Gasteiger partial charge in [0.1, 0.15) is 16.4 Å². The van der Waals surface area contributed by atoms with Gasteiger partial charge in [0.15, 0.2) is 10.7 Å². The lowest BCUT2D eigenvalue weighted by Gasteiger charge is -2.14. The van der Waals surface area contributed by atoms with Crippen LogP contribution in [0.5, 0.6) is 23.5 Å². The molecule has 448 valence electrons. The van der Waals surface area contributed by atoms with Crippen molar-refractivity contribution >= 4 is 89.4 Å². The SMILES string of the molecule is CC(C)OC(=O)c1cc(-c2nn(C)c(C(F)(F)F)c2Br)c(F)cc1Cl.COc1cc(OC)nc(NC(=O)NS(=O)(=O)c2ncccc2C(=O)N(C)C)n1.O=C(Nc1nc(OC(F)F)cc(OC(F)F)n1)NS(=O)(=O)c1ccccc1C(=O)O. The largest absolute Gasteiger partial charge is 0.481 e. The highest BCUT2D eigenvalue weighted by molar-refractivity contribution is 9.10. The number of anilines is 2. The molecule has 0 saturated carbocycles. The Morgan fingerprint density at radius 1 is 0.747 bits per heavy atom. The number of hydrogen-bond acceptors (Lipinski definition) is 20. The van der Waals surface area contributed by atoms with Crippen LogP contribution in [0.4, 0.5) is 56.6 Å². The van der Waals surface area contributed by atoms with Gasteiger partial charge in [0.25, 0.3) is 26.0 Å². The minimum atomic E-state index is -4.71. The van der Waals surface area contributed by atoms with Crippen LogP contribution in [0.3, 0.4) is 0 Å². The summed E-state index contributed by atoms with van der Waals surface area (Å²) in [7, 11) is -2.48. The Morgan fingerprint density at radius 2 is 1.24 bits per heavy atom. The molecule has 4 aromatic heterocycles. The van der Waals surface area contributed by atoms with Crippen LogP contribution in [0.15, 0.2) is 81.3 Å². The standard InChI is InChI=1S/C15H12BrClF4N2O2.C15H18N6O6S.C14H10F4N4O7S/c1-6(2)25-14(24)7-4-8(10(18)5-9(7)17)12-11(16)13(15(19,20)21)23(3)22-12;1-21(2)13(22)9-6-5-7-16-12(9)28(24,25)20-15(23)19-14-17-10(26-3)8-11(18-14)27-4;15-11(16)28-8-5-9(29-12(17)18)20-13(19-8)21-14(25)22-30(26,27)7-4-2-1-3-6(7)10(23)24/h4-6H,1-3H3;5-8H,1-4H3,(H2,17,18,19,20,23);1-5,11-12H,(H,23,24)(H2,19,20,21,22,25). The average molecular weight is 1310 g/mol. The Labute approximate surface area is 475 Å². The molecule has 0 aliphatic rings. The second-order valence-electron chi connectivity index (χ2n) is 15.8. The number of hydrogen-bond donors (Lipinski definition) is 5. The number of methoxy groups -OCH3 is 2. The quantitative estimate of drug-likeness (QED) is 0.0444. The Kier molecular flexibility index (Phi) is 22.7. The number of urea groups is 2. The molecule has 0 fully saturated rings. The van der Waals surface area contributed by atoms with Gasteiger partial charge < -0.3 is 33.7 Å². The number of aryl methyl sites for hydroxylation is 1. The maximum atomic E-state index is 14.3. The number of carboxylic acid groups (broad SMARTS) is 1. The highest BCUT2D eigenvalue weighted by atomic mass is 79.9. The number of alkyl halides is 7. The van der Waals surface area contributed by atoms with Crippen LogP contribution >= 0.6 is 27.5 Å². The number of aromatic carboxylic acids is 1. The summed E-state index contributed by atoms with van der Waals surface area (Å²) in [6, 6.07) is 7.99. The summed E-state index contributed by atoms with van der Waals surface area (Å²) in [6.07, 6.45) is -3.95. The van der Waals surface area contributed by atoms with E-state index in [4.69, 9.17) is 30.9 Å². The highest BCUT2D eigenvalue weighted by Crippen LogP contribution is 2.41. The number of nitrogens with zero attached hydrogens (tertiary/aromatic N) is 8. The van der Waals surface area contributed by atoms with Crippen LogP contribution in [0.25, 0.3) is 11.3 Å². The third-order valence-electron chi connectivity index (χ3n) is 9.30. The molecule has 0 aliphatic heterocycles. The van der Waals surface area contributed by atoms with E-state index >= 15 is 0 Å². The smallest absolute Gasteiger partial charge is 0.434 e. The monoisotopic (exact) mass is 1310 g/mol. The number of rotatable bonds is 17. The molecule has 27 nitrogen and oxygen atoms in total. The normalized spacial score (nSPS) is 11.3. The van der Waals surface area contributed by atoms with Crippen LogP contribution in [0.1, 0.15) is 50.6 Å². The van der Waals surface area contributed by atoms with E-state index in [0.717, 1.165) is 31.3 Å². The molecule has 2 aromatic carbocycles. The Balaban J connectivity index is 0.000000268. The van der Waals surface area contributed by atoms with Gasteiger partial charge in [-0.05, 0) is 66.2 Å². The predicted octanol–water partition coefficient (Wildman–Crippen LogP) is 7.22. The summed E-state index contributed by atoms with van der Waals surface area (Å²) in [5, 5.41) is 15.8. The Hall–Kier alpha value is -8.78. The molecule has 0 unspecified atom stereocenters. The number of nitrogens with one attached hydrogen (secondary N) is 4. The maximum absolute atomic E-state index is 14.3. The molecule has 0 spiro atoms. The van der Waals surface area contributed by atoms with Crippen molar-refractivity contribution in [2.45, 2.75) is 49.3 Å². The van der Waals surface area contributed by atoms with E-state index in [1.165, 1.54) is 74.5 Å². The highest BCUT2D eigenvalue weighted by Gasteiger charge is 2.39. The molecule has 0 saturated heterocycles. The molecule has 0 radical (unpaired) electrons. The van der Waals surface area contributed by atoms with Crippen molar-refractivity contribution in [2.24, 2.45) is 7.05 Å². The first kappa shape index (κ1) is 66.7. The number of ether oxygens (including phenoxy) is 5. The number of carboxylic acids is 1. The van der Waals surface area contributed by atoms with Gasteiger partial charge >= 0.3 is 43.4 Å². The van der Waals surface area contributed by atoms with Crippen molar-refractivity contribution in [2.75, 3.05) is 38.9 Å². The van der Waals surface area contributed by atoms with E-state index < -0.39 is 125 Å². The van der Waals surface area contributed by atoms with Crippen LogP contribution < -0.4 is 39.0 Å². The average Bonchev–Trinajstić information content (AvgIpc) is 3.86. The lowest BCUT2D eigenvalue weighted by molar-refractivity contribution is -0.144. The van der Waals surface area contributed by atoms with Crippen LogP contribution in [-0.4, -0.2) is 139 Å². The molecule has 0 atom stereocenters. The van der Waals surface area contributed by atoms with Crippen LogP contribution in [-0.2, 0) is 38.0 Å². The number of benzene rings is 2. The van der Waals surface area contributed by atoms with E-state index in [9.17, 15) is 75.9 Å². The van der Waals surface area contributed by atoms with Gasteiger partial charge in [-0.3, -0.25) is 20.1 Å². The molecule has 5 amide bonds. The van der Waals surface area contributed by atoms with Crippen LogP contribution in [0, 0.1) is 5.82 Å². The molecule has 6 rings (SSSR count). The molecular weight excluding hydrogens is 1270 g/mol. The van der Waals surface area contributed by atoms with Crippen molar-refractivity contribution in [1.29, 1.82) is 0 Å². The Bertz CT molecular complexity index is 3580. The molecule has 0 bridgehead atoms. The third-order valence-corrected chi connectivity index (χ3v) is 13.0. The second-order valence-corrected chi connectivity index (χ2v) is 20.2. The molecule has 39 heteroatoms. The number of aromatic nitrogens is 7. The predicted molar refractivity (Wildman–Crippen MR) is 272 cm³/mol. The van der Waals surface area contributed by atoms with Crippen molar-refractivity contribution in [3.8, 4) is 34.8 Å². The number of halogens is 10. The van der Waals surface area contributed by atoms with Crippen molar-refractivity contribution in [3.63, 3.8) is 0 Å². The van der Waals surface area contributed by atoms with Crippen molar-refractivity contribution < 1.29 is 105 Å². The van der Waals surface area contributed by atoms with Gasteiger partial charge in [-0.2, -0.15) is 64.2 Å². The molecule has 83 heavy (non-hydrogen) atoms. The minimum Gasteiger partial charge on any atom is -0.481 e. The van der Waals surface area contributed by atoms with Gasteiger partial charge in [0, 0.05) is 32.9 Å². The van der Waals surface area contributed by atoms with Crippen molar-refractivity contribution in [1.82, 2.24) is 49.0 Å².